The number of unbranched alkanes of at least 4 members (excludes halogenated alkanes) is 2. The average Bonchev–Trinajstić information content (AvgIpc) is 3.38. The lowest BCUT2D eigenvalue weighted by Gasteiger charge is -2.20. The molecule has 0 aliphatic heterocycles. The summed E-state index contributed by atoms with van der Waals surface area (Å²) < 4.78 is 0. The Morgan fingerprint density at radius 1 is 0.907 bits per heavy atom. The summed E-state index contributed by atoms with van der Waals surface area (Å²) in [7, 11) is 0. The van der Waals surface area contributed by atoms with Gasteiger partial charge in [-0.1, -0.05) is 108 Å². The summed E-state index contributed by atoms with van der Waals surface area (Å²) in [5, 5.41) is 6.69. The second kappa shape index (κ2) is 22.8. The smallest absolute Gasteiger partial charge is 0.248 e. The fourth-order valence-corrected chi connectivity index (χ4v) is 6.27. The molecule has 2 atom stereocenters. The van der Waals surface area contributed by atoms with Gasteiger partial charge in [0.25, 0.3) is 0 Å². The first-order valence-corrected chi connectivity index (χ1v) is 17.6. The summed E-state index contributed by atoms with van der Waals surface area (Å²) in [6, 6.07) is -0.542. The van der Waals surface area contributed by atoms with Crippen LogP contribution in [0.3, 0.4) is 0 Å². The number of fused-ring (bicyclic) bond motifs is 1. The maximum Gasteiger partial charge on any atom is 0.248 e. The standard InChI is InChI=1S/C37H57N3O2S/c1-5-7-9-10-11-12-13-14-15-16-17-18-19-20-21-22-23-25-35(41)38-33(28-30(3)4)36(42)40-37-39-32-27-26-31(24-8-6-2)29-34(32)43-37/h7,9,11-12,14-15,17-18,20-21,30-31,33H,5-6,8,10,13,16,19,22-29H2,1-4H3,(H,38,41)(H,39,40,42)/b9-7-,12-11-,15-14-,18-17-,21-20-/t31-,33+/m1/s1. The first-order valence-electron chi connectivity index (χ1n) is 16.8. The Labute approximate surface area is 266 Å². The number of nitrogens with zero attached hydrogens (tertiary/aromatic N) is 1. The monoisotopic (exact) mass is 607 g/mol. The van der Waals surface area contributed by atoms with Crippen molar-refractivity contribution < 1.29 is 9.59 Å². The highest BCUT2D eigenvalue weighted by Gasteiger charge is 2.26. The van der Waals surface area contributed by atoms with E-state index in [1.54, 1.807) is 11.3 Å². The summed E-state index contributed by atoms with van der Waals surface area (Å²) in [5.41, 5.74) is 1.15. The van der Waals surface area contributed by atoms with Gasteiger partial charge in [0.05, 0.1) is 5.69 Å². The van der Waals surface area contributed by atoms with E-state index in [9.17, 15) is 9.59 Å². The van der Waals surface area contributed by atoms with E-state index in [0.717, 1.165) is 69.4 Å². The van der Waals surface area contributed by atoms with E-state index in [0.29, 0.717) is 23.9 Å². The van der Waals surface area contributed by atoms with E-state index in [1.807, 2.05) is 0 Å². The van der Waals surface area contributed by atoms with Crippen LogP contribution < -0.4 is 10.6 Å². The molecule has 0 saturated heterocycles. The van der Waals surface area contributed by atoms with Gasteiger partial charge in [-0.2, -0.15) is 0 Å². The Hall–Kier alpha value is -2.73. The van der Waals surface area contributed by atoms with E-state index in [4.69, 9.17) is 4.98 Å². The quantitative estimate of drug-likeness (QED) is 0.108. The van der Waals surface area contributed by atoms with Crippen LogP contribution in [0.2, 0.25) is 0 Å². The van der Waals surface area contributed by atoms with Crippen molar-refractivity contribution in [1.82, 2.24) is 10.3 Å². The van der Waals surface area contributed by atoms with Crippen molar-refractivity contribution in [3.63, 3.8) is 0 Å². The summed E-state index contributed by atoms with van der Waals surface area (Å²) in [5.74, 6) is 0.805. The van der Waals surface area contributed by atoms with Gasteiger partial charge in [0.15, 0.2) is 5.13 Å². The summed E-state index contributed by atoms with van der Waals surface area (Å²) >= 11 is 1.61. The van der Waals surface area contributed by atoms with Crippen LogP contribution in [0.5, 0.6) is 0 Å². The van der Waals surface area contributed by atoms with Gasteiger partial charge in [-0.15, -0.1) is 11.3 Å². The minimum atomic E-state index is -0.542. The summed E-state index contributed by atoms with van der Waals surface area (Å²) in [4.78, 5) is 31.9. The Morgan fingerprint density at radius 2 is 1.53 bits per heavy atom. The number of hydrogen-bond acceptors (Lipinski definition) is 4. The molecule has 43 heavy (non-hydrogen) atoms. The van der Waals surface area contributed by atoms with E-state index in [1.165, 1.54) is 30.6 Å². The molecule has 1 aliphatic rings. The van der Waals surface area contributed by atoms with E-state index in [-0.39, 0.29) is 11.8 Å². The van der Waals surface area contributed by atoms with Gasteiger partial charge in [0.1, 0.15) is 6.04 Å². The van der Waals surface area contributed by atoms with Crippen LogP contribution in [-0.4, -0.2) is 22.8 Å². The van der Waals surface area contributed by atoms with Gasteiger partial charge in [0.2, 0.25) is 11.8 Å². The molecule has 2 rings (SSSR count). The Balaban J connectivity index is 1.66. The lowest BCUT2D eigenvalue weighted by atomic mass is 9.87. The molecule has 1 aromatic rings. The Morgan fingerprint density at radius 3 is 2.14 bits per heavy atom. The average molecular weight is 608 g/mol. The van der Waals surface area contributed by atoms with Crippen LogP contribution in [0.25, 0.3) is 0 Å². The van der Waals surface area contributed by atoms with Crippen LogP contribution in [0, 0.1) is 11.8 Å². The first kappa shape index (κ1) is 36.5. The van der Waals surface area contributed by atoms with Gasteiger partial charge in [-0.3, -0.25) is 9.59 Å². The van der Waals surface area contributed by atoms with Crippen molar-refractivity contribution >= 4 is 28.3 Å². The van der Waals surface area contributed by atoms with Gasteiger partial charge in [0, 0.05) is 11.3 Å². The maximum atomic E-state index is 13.1. The topological polar surface area (TPSA) is 71.1 Å². The molecule has 5 nitrogen and oxygen atoms in total. The van der Waals surface area contributed by atoms with Crippen molar-refractivity contribution in [3.05, 3.63) is 71.3 Å². The molecule has 0 radical (unpaired) electrons. The van der Waals surface area contributed by atoms with Crippen LogP contribution >= 0.6 is 11.3 Å². The van der Waals surface area contributed by atoms with Crippen molar-refractivity contribution in [2.24, 2.45) is 11.8 Å². The molecule has 2 N–H and O–H groups in total. The number of amides is 2. The van der Waals surface area contributed by atoms with Crippen molar-refractivity contribution in [2.75, 3.05) is 5.32 Å². The summed E-state index contributed by atoms with van der Waals surface area (Å²) in [6.07, 6.45) is 36.5. The minimum absolute atomic E-state index is 0.0645. The van der Waals surface area contributed by atoms with E-state index in [2.05, 4.69) is 99.1 Å². The molecule has 0 fully saturated rings. The highest BCUT2D eigenvalue weighted by atomic mass is 32.1. The number of allylic oxidation sites excluding steroid dienone is 10. The lowest BCUT2D eigenvalue weighted by Crippen LogP contribution is -2.44. The van der Waals surface area contributed by atoms with E-state index >= 15 is 0 Å². The Bertz CT molecular complexity index is 1080. The zero-order valence-electron chi connectivity index (χ0n) is 27.3. The fourth-order valence-electron chi connectivity index (χ4n) is 5.15. The minimum Gasteiger partial charge on any atom is -0.344 e. The molecule has 1 aromatic heterocycles. The maximum absolute atomic E-state index is 13.1. The van der Waals surface area contributed by atoms with Crippen LogP contribution in [0.4, 0.5) is 5.13 Å². The predicted molar refractivity (Wildman–Crippen MR) is 185 cm³/mol. The highest BCUT2D eigenvalue weighted by molar-refractivity contribution is 7.15. The molecule has 0 spiro atoms. The van der Waals surface area contributed by atoms with Crippen LogP contribution in [0.1, 0.15) is 122 Å². The van der Waals surface area contributed by atoms with Crippen molar-refractivity contribution in [3.8, 4) is 0 Å². The lowest BCUT2D eigenvalue weighted by molar-refractivity contribution is -0.126. The molecule has 2 amide bonds. The van der Waals surface area contributed by atoms with Gasteiger partial charge >= 0.3 is 0 Å². The van der Waals surface area contributed by atoms with Crippen LogP contribution in [-0.2, 0) is 22.4 Å². The zero-order chi connectivity index (χ0) is 31.1. The third-order valence-corrected chi connectivity index (χ3v) is 8.56. The highest BCUT2D eigenvalue weighted by Crippen LogP contribution is 2.34. The Kier molecular flexibility index (Phi) is 19.3. The number of hydrogen-bond donors (Lipinski definition) is 2. The van der Waals surface area contributed by atoms with Gasteiger partial charge in [-0.05, 0) is 82.5 Å². The zero-order valence-corrected chi connectivity index (χ0v) is 28.1. The van der Waals surface area contributed by atoms with Crippen LogP contribution in [0.15, 0.2) is 60.8 Å². The van der Waals surface area contributed by atoms with Crippen molar-refractivity contribution in [1.29, 1.82) is 0 Å². The SMILES string of the molecule is CC/C=C\C/C=C\C/C=C\C/C=C\C/C=C\CCCC(=O)N[C@@H](CC(C)C)C(=O)Nc1nc2c(s1)C[C@H](CCCC)CC2. The largest absolute Gasteiger partial charge is 0.344 e. The number of thiazole rings is 1. The summed E-state index contributed by atoms with van der Waals surface area (Å²) in [6.45, 7) is 8.55. The molecule has 238 valence electrons. The predicted octanol–water partition coefficient (Wildman–Crippen LogP) is 9.83. The number of aryl methyl sites for hydroxylation is 1. The van der Waals surface area contributed by atoms with E-state index < -0.39 is 6.04 Å². The van der Waals surface area contributed by atoms with Crippen molar-refractivity contribution in [2.45, 2.75) is 130 Å². The molecule has 1 aliphatic carbocycles. The third kappa shape index (κ3) is 16.6. The number of carbonyl (C=O) groups is 2. The number of carbonyl (C=O) groups excluding carboxylic acids is 2. The molecule has 1 heterocycles. The molecule has 0 bridgehead atoms. The second-order valence-corrected chi connectivity index (χ2v) is 13.1. The van der Waals surface area contributed by atoms with Gasteiger partial charge in [-0.25, -0.2) is 4.98 Å². The number of nitrogens with one attached hydrogen (secondary N) is 2. The third-order valence-electron chi connectivity index (χ3n) is 7.53. The number of rotatable bonds is 21. The molecular formula is C37H57N3O2S. The second-order valence-electron chi connectivity index (χ2n) is 12.0. The molecule has 0 saturated carbocycles. The number of aromatic nitrogens is 1. The normalized spacial score (nSPS) is 16.3. The number of anilines is 1. The fraction of sp³-hybridized carbons (Fsp3) is 0.595. The molecule has 6 heteroatoms. The first-order chi connectivity index (χ1) is 20.9. The van der Waals surface area contributed by atoms with Gasteiger partial charge < -0.3 is 10.6 Å². The molecule has 0 aromatic carbocycles. The molecule has 0 unspecified atom stereocenters. The molecular weight excluding hydrogens is 550 g/mol.